The Morgan fingerprint density at radius 1 is 1.29 bits per heavy atom. The van der Waals surface area contributed by atoms with Crippen LogP contribution in [0, 0.1) is 0 Å². The van der Waals surface area contributed by atoms with E-state index in [2.05, 4.69) is 31.2 Å². The largest absolute Gasteiger partial charge is 0.381 e. The van der Waals surface area contributed by atoms with Gasteiger partial charge in [0.2, 0.25) is 0 Å². The molecule has 0 amide bonds. The van der Waals surface area contributed by atoms with E-state index < -0.39 is 0 Å². The van der Waals surface area contributed by atoms with Gasteiger partial charge in [-0.1, -0.05) is 37.6 Å². The van der Waals surface area contributed by atoms with Crippen LogP contribution in [0.25, 0.3) is 0 Å². The fourth-order valence-corrected chi connectivity index (χ4v) is 2.58. The predicted molar refractivity (Wildman–Crippen MR) is 71.0 cm³/mol. The summed E-state index contributed by atoms with van der Waals surface area (Å²) in [6.45, 7) is 3.83. The molecule has 1 aliphatic rings. The number of unbranched alkanes of at least 4 members (excludes halogenated alkanes) is 1. The van der Waals surface area contributed by atoms with E-state index in [9.17, 15) is 0 Å². The van der Waals surface area contributed by atoms with Crippen LogP contribution in [0.15, 0.2) is 24.3 Å². The first-order valence-corrected chi connectivity index (χ1v) is 6.71. The van der Waals surface area contributed by atoms with E-state index in [1.54, 1.807) is 0 Å². The zero-order chi connectivity index (χ0) is 12.1. The molecule has 17 heavy (non-hydrogen) atoms. The van der Waals surface area contributed by atoms with Gasteiger partial charge in [0.15, 0.2) is 0 Å². The minimum atomic E-state index is -0.150. The molecule has 2 nitrogen and oxygen atoms in total. The van der Waals surface area contributed by atoms with E-state index in [0.29, 0.717) is 0 Å². The first kappa shape index (κ1) is 12.6. The second kappa shape index (κ2) is 5.65. The van der Waals surface area contributed by atoms with Crippen LogP contribution in [0.3, 0.4) is 0 Å². The van der Waals surface area contributed by atoms with Gasteiger partial charge >= 0.3 is 0 Å². The number of hydrogen-bond donors (Lipinski definition) is 1. The van der Waals surface area contributed by atoms with Crippen molar-refractivity contribution in [3.63, 3.8) is 0 Å². The van der Waals surface area contributed by atoms with Gasteiger partial charge in [-0.2, -0.15) is 0 Å². The van der Waals surface area contributed by atoms with Crippen LogP contribution in [-0.4, -0.2) is 13.2 Å². The monoisotopic (exact) mass is 233 g/mol. The first-order chi connectivity index (χ1) is 8.26. The Balaban J connectivity index is 1.88. The highest BCUT2D eigenvalue weighted by molar-refractivity contribution is 5.38. The van der Waals surface area contributed by atoms with Crippen LogP contribution in [0.5, 0.6) is 0 Å². The topological polar surface area (TPSA) is 35.2 Å². The molecule has 0 radical (unpaired) electrons. The summed E-state index contributed by atoms with van der Waals surface area (Å²) in [5.74, 6) is 0. The highest BCUT2D eigenvalue weighted by atomic mass is 16.5. The molecule has 94 valence electrons. The van der Waals surface area contributed by atoms with Gasteiger partial charge in [0, 0.05) is 18.8 Å². The summed E-state index contributed by atoms with van der Waals surface area (Å²) in [5, 5.41) is 0. The van der Waals surface area contributed by atoms with Crippen LogP contribution in [-0.2, 0) is 16.7 Å². The fraction of sp³-hybridized carbons (Fsp3) is 0.600. The van der Waals surface area contributed by atoms with Gasteiger partial charge in [0.05, 0.1) is 0 Å². The number of benzene rings is 1. The maximum atomic E-state index is 6.51. The molecule has 1 aromatic rings. The molecular weight excluding hydrogens is 210 g/mol. The Bertz CT molecular complexity index is 364. The maximum Gasteiger partial charge on any atom is 0.0486 e. The predicted octanol–water partition coefficient (Wildman–Crippen LogP) is 2.99. The number of hydrogen-bond acceptors (Lipinski definition) is 2. The van der Waals surface area contributed by atoms with Crippen LogP contribution < -0.4 is 5.73 Å². The Morgan fingerprint density at radius 3 is 2.94 bits per heavy atom. The van der Waals surface area contributed by atoms with Crippen molar-refractivity contribution in [3.8, 4) is 0 Å². The molecule has 0 saturated heterocycles. The molecule has 2 N–H and O–H groups in total. The minimum Gasteiger partial charge on any atom is -0.381 e. The molecule has 2 rings (SSSR count). The molecule has 0 heterocycles. The average Bonchev–Trinajstić information content (AvgIpc) is 2.68. The normalized spacial score (nSPS) is 22.7. The lowest BCUT2D eigenvalue weighted by Gasteiger charge is -2.25. The third kappa shape index (κ3) is 2.88. The summed E-state index contributed by atoms with van der Waals surface area (Å²) >= 11 is 0. The summed E-state index contributed by atoms with van der Waals surface area (Å²) in [7, 11) is 0. The SMILES string of the molecule is CCCCOCCC1(N)CCc2ccccc21. The molecule has 1 unspecified atom stereocenters. The molecule has 0 bridgehead atoms. The van der Waals surface area contributed by atoms with Gasteiger partial charge < -0.3 is 10.5 Å². The van der Waals surface area contributed by atoms with Crippen molar-refractivity contribution >= 4 is 0 Å². The average molecular weight is 233 g/mol. The van der Waals surface area contributed by atoms with Crippen molar-refractivity contribution in [2.24, 2.45) is 5.73 Å². The van der Waals surface area contributed by atoms with Crippen molar-refractivity contribution in [2.45, 2.75) is 44.6 Å². The Morgan fingerprint density at radius 2 is 2.12 bits per heavy atom. The van der Waals surface area contributed by atoms with Gasteiger partial charge in [-0.15, -0.1) is 0 Å². The minimum absolute atomic E-state index is 0.150. The number of nitrogens with two attached hydrogens (primary N) is 1. The van der Waals surface area contributed by atoms with Crippen molar-refractivity contribution in [2.75, 3.05) is 13.2 Å². The van der Waals surface area contributed by atoms with Crippen molar-refractivity contribution < 1.29 is 4.74 Å². The van der Waals surface area contributed by atoms with E-state index in [-0.39, 0.29) is 5.54 Å². The molecule has 1 aliphatic carbocycles. The maximum absolute atomic E-state index is 6.51. The van der Waals surface area contributed by atoms with Gasteiger partial charge in [-0.05, 0) is 36.8 Å². The second-order valence-corrected chi connectivity index (χ2v) is 5.03. The zero-order valence-electron chi connectivity index (χ0n) is 10.7. The third-order valence-corrected chi connectivity index (χ3v) is 3.73. The molecule has 1 atom stereocenters. The molecule has 0 aromatic heterocycles. The molecule has 0 saturated carbocycles. The standard InChI is InChI=1S/C15H23NO/c1-2-3-11-17-12-10-15(16)9-8-13-6-4-5-7-14(13)15/h4-7H,2-3,8-12,16H2,1H3. The van der Waals surface area contributed by atoms with Crippen molar-refractivity contribution in [1.82, 2.24) is 0 Å². The highest BCUT2D eigenvalue weighted by Crippen LogP contribution is 2.36. The molecule has 0 aliphatic heterocycles. The Hall–Kier alpha value is -0.860. The van der Waals surface area contributed by atoms with Gasteiger partial charge in [0.1, 0.15) is 0 Å². The number of fused-ring (bicyclic) bond motifs is 1. The fourth-order valence-electron chi connectivity index (χ4n) is 2.58. The van der Waals surface area contributed by atoms with Crippen LogP contribution in [0.1, 0.15) is 43.7 Å². The van der Waals surface area contributed by atoms with Crippen LogP contribution in [0.4, 0.5) is 0 Å². The van der Waals surface area contributed by atoms with E-state index in [4.69, 9.17) is 10.5 Å². The number of rotatable bonds is 6. The summed E-state index contributed by atoms with van der Waals surface area (Å²) < 4.78 is 5.64. The van der Waals surface area contributed by atoms with Crippen molar-refractivity contribution in [3.05, 3.63) is 35.4 Å². The van der Waals surface area contributed by atoms with Gasteiger partial charge in [-0.25, -0.2) is 0 Å². The quantitative estimate of drug-likeness (QED) is 0.767. The van der Waals surface area contributed by atoms with E-state index >= 15 is 0 Å². The lowest BCUT2D eigenvalue weighted by molar-refractivity contribution is 0.111. The zero-order valence-corrected chi connectivity index (χ0v) is 10.7. The lowest BCUT2D eigenvalue weighted by Crippen LogP contribution is -2.35. The third-order valence-electron chi connectivity index (χ3n) is 3.73. The first-order valence-electron chi connectivity index (χ1n) is 6.71. The van der Waals surface area contributed by atoms with Crippen LogP contribution >= 0.6 is 0 Å². The Labute approximate surface area is 104 Å². The molecule has 1 aromatic carbocycles. The Kier molecular flexibility index (Phi) is 4.19. The van der Waals surface area contributed by atoms with Crippen molar-refractivity contribution in [1.29, 1.82) is 0 Å². The summed E-state index contributed by atoms with van der Waals surface area (Å²) in [6.07, 6.45) is 5.45. The van der Waals surface area contributed by atoms with E-state index in [0.717, 1.165) is 38.9 Å². The smallest absolute Gasteiger partial charge is 0.0486 e. The van der Waals surface area contributed by atoms with Gasteiger partial charge in [-0.3, -0.25) is 0 Å². The number of aryl methyl sites for hydroxylation is 1. The molecule has 2 heteroatoms. The van der Waals surface area contributed by atoms with E-state index in [1.807, 2.05) is 0 Å². The summed E-state index contributed by atoms with van der Waals surface area (Å²) in [5.41, 5.74) is 9.11. The summed E-state index contributed by atoms with van der Waals surface area (Å²) in [4.78, 5) is 0. The van der Waals surface area contributed by atoms with Gasteiger partial charge in [0.25, 0.3) is 0 Å². The summed E-state index contributed by atoms with van der Waals surface area (Å²) in [6, 6.07) is 8.56. The highest BCUT2D eigenvalue weighted by Gasteiger charge is 2.33. The molecule has 0 spiro atoms. The van der Waals surface area contributed by atoms with Crippen LogP contribution in [0.2, 0.25) is 0 Å². The molecule has 0 fully saturated rings. The number of ether oxygens (including phenoxy) is 1. The lowest BCUT2D eigenvalue weighted by atomic mass is 9.90. The molecular formula is C15H23NO. The second-order valence-electron chi connectivity index (χ2n) is 5.03. The van der Waals surface area contributed by atoms with E-state index in [1.165, 1.54) is 17.5 Å².